The van der Waals surface area contributed by atoms with Gasteiger partial charge in [-0.15, -0.1) is 0 Å². The first kappa shape index (κ1) is 20.4. The van der Waals surface area contributed by atoms with Gasteiger partial charge < -0.3 is 18.9 Å². The van der Waals surface area contributed by atoms with Crippen molar-refractivity contribution in [3.8, 4) is 17.2 Å². The van der Waals surface area contributed by atoms with Crippen molar-refractivity contribution in [3.63, 3.8) is 0 Å². The van der Waals surface area contributed by atoms with E-state index in [1.807, 2.05) is 0 Å². The van der Waals surface area contributed by atoms with Crippen LogP contribution in [0.25, 0.3) is 0 Å². The molecule has 8 heteroatoms. The predicted molar refractivity (Wildman–Crippen MR) is 90.5 cm³/mol. The highest BCUT2D eigenvalue weighted by atomic mass is 19.3. The maximum atomic E-state index is 12.9. The summed E-state index contributed by atoms with van der Waals surface area (Å²) in [6.45, 7) is -0.0788. The Morgan fingerprint density at radius 2 is 1.74 bits per heavy atom. The smallest absolute Gasteiger partial charge is 0.387 e. The molecule has 2 rings (SSSR count). The zero-order chi connectivity index (χ0) is 20.0. The highest BCUT2D eigenvalue weighted by Crippen LogP contribution is 2.30. The molecule has 0 aliphatic carbocycles. The second-order valence-corrected chi connectivity index (χ2v) is 6.01. The number of methoxy groups -OCH3 is 1. The molecule has 0 aliphatic rings. The molecule has 0 heterocycles. The van der Waals surface area contributed by atoms with Crippen molar-refractivity contribution in [1.29, 1.82) is 0 Å². The van der Waals surface area contributed by atoms with Crippen LogP contribution in [0.5, 0.6) is 17.2 Å². The van der Waals surface area contributed by atoms with Crippen molar-refractivity contribution in [1.82, 2.24) is 0 Å². The summed E-state index contributed by atoms with van der Waals surface area (Å²) >= 11 is 0. The van der Waals surface area contributed by atoms with E-state index in [1.54, 1.807) is 0 Å². The summed E-state index contributed by atoms with van der Waals surface area (Å²) in [4.78, 5) is 12.3. The minimum absolute atomic E-state index is 0.0886. The maximum absolute atomic E-state index is 12.9. The molecule has 0 N–H and O–H groups in total. The first-order valence-corrected chi connectivity index (χ1v) is 7.95. The van der Waals surface area contributed by atoms with Crippen molar-refractivity contribution >= 4 is 5.97 Å². The molecule has 27 heavy (non-hydrogen) atoms. The van der Waals surface area contributed by atoms with Crippen LogP contribution in [0, 0.1) is 5.82 Å². The molecule has 0 saturated carbocycles. The number of carbonyl (C=O) groups excluding carboxylic acids is 1. The van der Waals surface area contributed by atoms with E-state index >= 15 is 0 Å². The topological polar surface area (TPSA) is 54.0 Å². The van der Waals surface area contributed by atoms with Crippen LogP contribution >= 0.6 is 0 Å². The zero-order valence-corrected chi connectivity index (χ0v) is 15.0. The van der Waals surface area contributed by atoms with Crippen LogP contribution < -0.4 is 14.2 Å². The third-order valence-electron chi connectivity index (χ3n) is 3.49. The van der Waals surface area contributed by atoms with E-state index in [2.05, 4.69) is 4.74 Å². The van der Waals surface area contributed by atoms with E-state index in [-0.39, 0.29) is 18.1 Å². The minimum atomic E-state index is -2.98. The van der Waals surface area contributed by atoms with Crippen molar-refractivity contribution in [2.75, 3.05) is 7.11 Å². The molecule has 2 aromatic rings. The third kappa shape index (κ3) is 5.80. The molecule has 0 bridgehead atoms. The van der Waals surface area contributed by atoms with Crippen molar-refractivity contribution in [3.05, 3.63) is 53.8 Å². The fourth-order valence-electron chi connectivity index (χ4n) is 2.16. The van der Waals surface area contributed by atoms with Gasteiger partial charge in [0.15, 0.2) is 17.1 Å². The number of benzene rings is 2. The molecular weight excluding hydrogens is 365 g/mol. The summed E-state index contributed by atoms with van der Waals surface area (Å²) in [5, 5.41) is 0. The van der Waals surface area contributed by atoms with Gasteiger partial charge in [-0.2, -0.15) is 8.78 Å². The molecule has 0 spiro atoms. The van der Waals surface area contributed by atoms with Gasteiger partial charge in [0.05, 0.1) is 7.11 Å². The lowest BCUT2D eigenvalue weighted by atomic mass is 10.1. The van der Waals surface area contributed by atoms with Crippen LogP contribution in [0.15, 0.2) is 42.5 Å². The molecule has 146 valence electrons. The Bertz CT molecular complexity index is 775. The molecule has 0 saturated heterocycles. The number of halogens is 3. The quantitative estimate of drug-likeness (QED) is 0.634. The summed E-state index contributed by atoms with van der Waals surface area (Å²) in [5.41, 5.74) is -0.805. The standard InChI is InChI=1S/C19H19F3O5/c1-19(2,27-14-7-5-13(20)6-8-14)17(23)25-11-12-4-9-15(26-18(21)22)16(10-12)24-3/h4-10,18H,11H2,1-3H3. The molecule has 0 amide bonds. The van der Waals surface area contributed by atoms with Gasteiger partial charge in [0.1, 0.15) is 18.2 Å². The molecule has 0 aliphatic heterocycles. The van der Waals surface area contributed by atoms with Crippen LogP contribution in [0.4, 0.5) is 13.2 Å². The maximum Gasteiger partial charge on any atom is 0.387 e. The van der Waals surface area contributed by atoms with Crippen LogP contribution in [0.3, 0.4) is 0 Å². The van der Waals surface area contributed by atoms with Crippen molar-refractivity contribution in [2.45, 2.75) is 32.7 Å². The zero-order valence-electron chi connectivity index (χ0n) is 15.0. The fourth-order valence-corrected chi connectivity index (χ4v) is 2.16. The number of hydrogen-bond acceptors (Lipinski definition) is 5. The van der Waals surface area contributed by atoms with Gasteiger partial charge in [-0.1, -0.05) is 6.07 Å². The number of esters is 1. The normalized spacial score (nSPS) is 11.2. The molecule has 2 aromatic carbocycles. The molecule has 0 fully saturated rings. The summed E-state index contributed by atoms with van der Waals surface area (Å²) in [7, 11) is 1.31. The van der Waals surface area contributed by atoms with Crippen LogP contribution in [-0.2, 0) is 16.1 Å². The van der Waals surface area contributed by atoms with Crippen LogP contribution in [-0.4, -0.2) is 25.3 Å². The van der Waals surface area contributed by atoms with E-state index in [0.29, 0.717) is 11.3 Å². The molecule has 0 radical (unpaired) electrons. The van der Waals surface area contributed by atoms with Gasteiger partial charge in [0.2, 0.25) is 0 Å². The molecule has 0 aromatic heterocycles. The van der Waals surface area contributed by atoms with Crippen LogP contribution in [0.2, 0.25) is 0 Å². The summed E-state index contributed by atoms with van der Waals surface area (Å²) in [5.74, 6) is -0.795. The summed E-state index contributed by atoms with van der Waals surface area (Å²) in [6.07, 6.45) is 0. The van der Waals surface area contributed by atoms with E-state index in [4.69, 9.17) is 14.2 Å². The highest BCUT2D eigenvalue weighted by molar-refractivity contribution is 5.79. The molecule has 0 unspecified atom stereocenters. The second-order valence-electron chi connectivity index (χ2n) is 6.01. The summed E-state index contributed by atoms with van der Waals surface area (Å²) < 4.78 is 57.7. The lowest BCUT2D eigenvalue weighted by molar-refractivity contribution is -0.160. The van der Waals surface area contributed by atoms with Gasteiger partial charge in [-0.05, 0) is 55.8 Å². The van der Waals surface area contributed by atoms with Crippen LogP contribution in [0.1, 0.15) is 19.4 Å². The number of ether oxygens (including phenoxy) is 4. The van der Waals surface area contributed by atoms with Crippen molar-refractivity contribution in [2.24, 2.45) is 0 Å². The predicted octanol–water partition coefficient (Wildman–Crippen LogP) is 4.34. The molecule has 5 nitrogen and oxygen atoms in total. The Hall–Kier alpha value is -2.90. The van der Waals surface area contributed by atoms with E-state index in [9.17, 15) is 18.0 Å². The number of alkyl halides is 2. The molecule has 0 atom stereocenters. The highest BCUT2D eigenvalue weighted by Gasteiger charge is 2.32. The number of rotatable bonds is 8. The Morgan fingerprint density at radius 1 is 1.07 bits per heavy atom. The van der Waals surface area contributed by atoms with Gasteiger partial charge in [0, 0.05) is 0 Å². The third-order valence-corrected chi connectivity index (χ3v) is 3.49. The Kier molecular flexibility index (Phi) is 6.55. The first-order chi connectivity index (χ1) is 12.7. The van der Waals surface area contributed by atoms with Gasteiger partial charge in [0.25, 0.3) is 0 Å². The monoisotopic (exact) mass is 384 g/mol. The first-order valence-electron chi connectivity index (χ1n) is 7.95. The van der Waals surface area contributed by atoms with E-state index in [1.165, 1.54) is 63.4 Å². The van der Waals surface area contributed by atoms with Gasteiger partial charge in [-0.3, -0.25) is 0 Å². The van der Waals surface area contributed by atoms with Gasteiger partial charge in [-0.25, -0.2) is 9.18 Å². The number of hydrogen-bond donors (Lipinski definition) is 0. The summed E-state index contributed by atoms with van der Waals surface area (Å²) in [6, 6.07) is 9.43. The fraction of sp³-hybridized carbons (Fsp3) is 0.316. The average Bonchev–Trinajstić information content (AvgIpc) is 2.61. The van der Waals surface area contributed by atoms with E-state index < -0.39 is 24.0 Å². The Labute approximate surface area is 154 Å². The Morgan fingerprint density at radius 3 is 2.33 bits per heavy atom. The SMILES string of the molecule is COc1cc(COC(=O)C(C)(C)Oc2ccc(F)cc2)ccc1OC(F)F. The molecular formula is C19H19F3O5. The van der Waals surface area contributed by atoms with Gasteiger partial charge >= 0.3 is 12.6 Å². The lowest BCUT2D eigenvalue weighted by Crippen LogP contribution is -2.39. The Balaban J connectivity index is 2.00. The largest absolute Gasteiger partial charge is 0.493 e. The lowest BCUT2D eigenvalue weighted by Gasteiger charge is -2.24. The number of carbonyl (C=O) groups is 1. The second kappa shape index (κ2) is 8.66. The van der Waals surface area contributed by atoms with E-state index in [0.717, 1.165) is 0 Å². The minimum Gasteiger partial charge on any atom is -0.493 e. The van der Waals surface area contributed by atoms with Crippen molar-refractivity contribution < 1.29 is 36.9 Å². The average molecular weight is 384 g/mol.